The third-order valence-corrected chi connectivity index (χ3v) is 5.31. The van der Waals surface area contributed by atoms with Crippen LogP contribution in [0.15, 0.2) is 41.3 Å². The van der Waals surface area contributed by atoms with Crippen molar-refractivity contribution in [1.29, 1.82) is 0 Å². The Morgan fingerprint density at radius 1 is 1.18 bits per heavy atom. The Balaban J connectivity index is 1.48. The molecule has 142 valence electrons. The molecule has 4 heterocycles. The molecule has 0 radical (unpaired) electrons. The molecule has 0 saturated carbocycles. The van der Waals surface area contributed by atoms with E-state index in [4.69, 9.17) is 0 Å². The van der Waals surface area contributed by atoms with E-state index in [1.54, 1.807) is 29.3 Å². The summed E-state index contributed by atoms with van der Waals surface area (Å²) in [5, 5.41) is 7.26. The van der Waals surface area contributed by atoms with Gasteiger partial charge in [-0.25, -0.2) is 9.67 Å². The monoisotopic (exact) mass is 396 g/mol. The number of hydrogen-bond acceptors (Lipinski definition) is 7. The maximum Gasteiger partial charge on any atom is 0.276 e. The van der Waals surface area contributed by atoms with Crippen LogP contribution in [0.1, 0.15) is 31.5 Å². The van der Waals surface area contributed by atoms with E-state index < -0.39 is 0 Å². The second-order valence-electron chi connectivity index (χ2n) is 6.22. The number of aromatic nitrogens is 4. The molecule has 0 atom stereocenters. The zero-order valence-electron chi connectivity index (χ0n) is 15.0. The van der Waals surface area contributed by atoms with Crippen LogP contribution in [-0.2, 0) is 20.0 Å². The van der Waals surface area contributed by atoms with Gasteiger partial charge < -0.3 is 4.90 Å². The Morgan fingerprint density at radius 2 is 2.04 bits per heavy atom. The predicted octanol–water partition coefficient (Wildman–Crippen LogP) is 1.08. The first kappa shape index (κ1) is 18.0. The lowest BCUT2D eigenvalue weighted by Crippen LogP contribution is -2.37. The molecule has 3 aromatic heterocycles. The van der Waals surface area contributed by atoms with Gasteiger partial charge in [0, 0.05) is 37.2 Å². The Morgan fingerprint density at radius 3 is 2.79 bits per heavy atom. The number of anilines is 1. The van der Waals surface area contributed by atoms with Gasteiger partial charge in [0.15, 0.2) is 5.13 Å². The van der Waals surface area contributed by atoms with Gasteiger partial charge in [0.05, 0.1) is 12.2 Å². The molecule has 3 aromatic rings. The highest BCUT2D eigenvalue weighted by atomic mass is 32.1. The molecule has 0 bridgehead atoms. The van der Waals surface area contributed by atoms with Gasteiger partial charge in [-0.3, -0.25) is 24.7 Å². The van der Waals surface area contributed by atoms with Crippen molar-refractivity contribution in [2.24, 2.45) is 7.05 Å². The molecular weight excluding hydrogens is 380 g/mol. The molecule has 0 aromatic carbocycles. The number of nitrogens with one attached hydrogen (secondary N) is 1. The van der Waals surface area contributed by atoms with Crippen molar-refractivity contribution >= 4 is 28.3 Å². The zero-order valence-corrected chi connectivity index (χ0v) is 15.8. The first-order valence-electron chi connectivity index (χ1n) is 8.56. The third-order valence-electron chi connectivity index (χ3n) is 4.32. The molecule has 0 spiro atoms. The minimum atomic E-state index is -0.325. The molecular formula is C18H16N6O3S. The number of carbonyl (C=O) groups excluding carboxylic acids is 2. The average Bonchev–Trinajstić information content (AvgIpc) is 3.11. The van der Waals surface area contributed by atoms with Crippen LogP contribution in [0.3, 0.4) is 0 Å². The van der Waals surface area contributed by atoms with Crippen molar-refractivity contribution in [3.63, 3.8) is 0 Å². The number of rotatable bonds is 3. The summed E-state index contributed by atoms with van der Waals surface area (Å²) in [6, 6.07) is 7.87. The summed E-state index contributed by atoms with van der Waals surface area (Å²) in [7, 11) is 1.51. The average molecular weight is 396 g/mol. The molecule has 1 aliphatic rings. The topological polar surface area (TPSA) is 110 Å². The van der Waals surface area contributed by atoms with Gasteiger partial charge >= 0.3 is 0 Å². The number of amides is 2. The molecule has 0 unspecified atom stereocenters. The van der Waals surface area contributed by atoms with Crippen LogP contribution < -0.4 is 10.9 Å². The van der Waals surface area contributed by atoms with E-state index in [1.807, 2.05) is 0 Å². The highest BCUT2D eigenvalue weighted by molar-refractivity contribution is 7.15. The second-order valence-corrected chi connectivity index (χ2v) is 7.30. The minimum Gasteiger partial charge on any atom is -0.332 e. The van der Waals surface area contributed by atoms with Crippen molar-refractivity contribution in [3.05, 3.63) is 68.8 Å². The molecule has 0 fully saturated rings. The van der Waals surface area contributed by atoms with E-state index >= 15 is 0 Å². The van der Waals surface area contributed by atoms with E-state index in [0.717, 1.165) is 15.3 Å². The number of carbonyl (C=O) groups is 2. The van der Waals surface area contributed by atoms with Gasteiger partial charge in [-0.15, -0.1) is 0 Å². The van der Waals surface area contributed by atoms with Crippen molar-refractivity contribution in [3.8, 4) is 0 Å². The Kier molecular flexibility index (Phi) is 4.70. The fraction of sp³-hybridized carbons (Fsp3) is 0.222. The number of thiazole rings is 1. The van der Waals surface area contributed by atoms with Crippen LogP contribution in [0.5, 0.6) is 0 Å². The smallest absolute Gasteiger partial charge is 0.276 e. The van der Waals surface area contributed by atoms with E-state index in [9.17, 15) is 14.4 Å². The lowest BCUT2D eigenvalue weighted by atomic mass is 10.1. The Bertz CT molecular complexity index is 1110. The van der Waals surface area contributed by atoms with Gasteiger partial charge in [-0.05, 0) is 18.2 Å². The van der Waals surface area contributed by atoms with Crippen molar-refractivity contribution in [1.82, 2.24) is 24.6 Å². The van der Waals surface area contributed by atoms with Crippen molar-refractivity contribution in [2.75, 3.05) is 11.9 Å². The van der Waals surface area contributed by atoms with E-state index in [0.29, 0.717) is 30.3 Å². The maximum absolute atomic E-state index is 12.7. The van der Waals surface area contributed by atoms with Crippen LogP contribution in [-0.4, -0.2) is 43.0 Å². The van der Waals surface area contributed by atoms with Crippen molar-refractivity contribution in [2.45, 2.75) is 13.0 Å². The standard InChI is InChI=1S/C18H16N6O3S/c1-23-15(25)6-5-13(22-23)17(27)24-9-7-11-14(10-24)28-18(20-11)21-16(26)12-4-2-3-8-19-12/h2-6,8H,7,9-10H2,1H3,(H,20,21,26). The van der Waals surface area contributed by atoms with E-state index in [2.05, 4.69) is 20.4 Å². The molecule has 2 amide bonds. The second kappa shape index (κ2) is 7.31. The van der Waals surface area contributed by atoms with Gasteiger partial charge in [0.2, 0.25) is 0 Å². The Labute approximate surface area is 163 Å². The van der Waals surface area contributed by atoms with Gasteiger partial charge in [0.25, 0.3) is 17.4 Å². The summed E-state index contributed by atoms with van der Waals surface area (Å²) in [5.41, 5.74) is 1.14. The highest BCUT2D eigenvalue weighted by Crippen LogP contribution is 2.29. The number of hydrogen-bond donors (Lipinski definition) is 1. The molecule has 0 saturated heterocycles. The quantitative estimate of drug-likeness (QED) is 0.709. The summed E-state index contributed by atoms with van der Waals surface area (Å²) in [6.45, 7) is 0.878. The van der Waals surface area contributed by atoms with Gasteiger partial charge in [0.1, 0.15) is 11.4 Å². The fourth-order valence-corrected chi connectivity index (χ4v) is 3.88. The normalized spacial score (nSPS) is 13.1. The van der Waals surface area contributed by atoms with Crippen molar-refractivity contribution < 1.29 is 9.59 Å². The van der Waals surface area contributed by atoms with Gasteiger partial charge in [-0.2, -0.15) is 5.10 Å². The van der Waals surface area contributed by atoms with Crippen LogP contribution in [0.25, 0.3) is 0 Å². The summed E-state index contributed by atoms with van der Waals surface area (Å²) in [4.78, 5) is 47.5. The lowest BCUT2D eigenvalue weighted by molar-refractivity contribution is 0.0727. The Hall–Kier alpha value is -3.40. The molecule has 1 N–H and O–H groups in total. The molecule has 28 heavy (non-hydrogen) atoms. The van der Waals surface area contributed by atoms with Crippen LogP contribution in [0.2, 0.25) is 0 Å². The fourth-order valence-electron chi connectivity index (χ4n) is 2.86. The summed E-state index contributed by atoms with van der Waals surface area (Å²) >= 11 is 1.34. The molecule has 4 rings (SSSR count). The van der Waals surface area contributed by atoms with Gasteiger partial charge in [-0.1, -0.05) is 17.4 Å². The van der Waals surface area contributed by atoms with Crippen LogP contribution in [0, 0.1) is 0 Å². The molecule has 10 heteroatoms. The number of pyridine rings is 1. The van der Waals surface area contributed by atoms with E-state index in [1.165, 1.54) is 30.5 Å². The number of aryl methyl sites for hydroxylation is 1. The first-order chi connectivity index (χ1) is 13.5. The highest BCUT2D eigenvalue weighted by Gasteiger charge is 2.26. The number of fused-ring (bicyclic) bond motifs is 1. The molecule has 0 aliphatic carbocycles. The predicted molar refractivity (Wildman–Crippen MR) is 102 cm³/mol. The zero-order chi connectivity index (χ0) is 19.7. The lowest BCUT2D eigenvalue weighted by Gasteiger charge is -2.25. The summed E-state index contributed by atoms with van der Waals surface area (Å²) < 4.78 is 1.14. The SMILES string of the molecule is Cn1nc(C(=O)N2CCc3nc(NC(=O)c4ccccn4)sc3C2)ccc1=O. The summed E-state index contributed by atoms with van der Waals surface area (Å²) in [5.74, 6) is -0.567. The maximum atomic E-state index is 12.7. The first-order valence-corrected chi connectivity index (χ1v) is 9.37. The third kappa shape index (κ3) is 3.54. The largest absolute Gasteiger partial charge is 0.332 e. The van der Waals surface area contributed by atoms with Crippen LogP contribution >= 0.6 is 11.3 Å². The van der Waals surface area contributed by atoms with Crippen LogP contribution in [0.4, 0.5) is 5.13 Å². The van der Waals surface area contributed by atoms with E-state index in [-0.39, 0.29) is 23.1 Å². The minimum absolute atomic E-state index is 0.221. The molecule has 1 aliphatic heterocycles. The molecule has 9 nitrogen and oxygen atoms in total. The number of nitrogens with zero attached hydrogens (tertiary/aromatic N) is 5. The summed E-state index contributed by atoms with van der Waals surface area (Å²) in [6.07, 6.45) is 2.14.